The van der Waals surface area contributed by atoms with Crippen molar-refractivity contribution in [2.75, 3.05) is 13.1 Å². The summed E-state index contributed by atoms with van der Waals surface area (Å²) in [6, 6.07) is 2.41. The van der Waals surface area contributed by atoms with Crippen molar-refractivity contribution >= 4 is 5.91 Å². The van der Waals surface area contributed by atoms with Gasteiger partial charge in [-0.05, 0) is 44.9 Å². The molecule has 3 nitrogen and oxygen atoms in total. The first-order valence-corrected chi connectivity index (χ1v) is 8.11. The Balaban J connectivity index is 2.05. The zero-order valence-electron chi connectivity index (χ0n) is 13.2. The lowest BCUT2D eigenvalue weighted by atomic mass is 9.75. The third kappa shape index (κ3) is 3.00. The van der Waals surface area contributed by atoms with Crippen molar-refractivity contribution in [1.82, 2.24) is 4.90 Å². The van der Waals surface area contributed by atoms with E-state index in [0.717, 1.165) is 45.2 Å². The van der Waals surface area contributed by atoms with Gasteiger partial charge in [0.1, 0.15) is 0 Å². The number of carbonyl (C=O) groups excluding carboxylic acids is 1. The lowest BCUT2D eigenvalue weighted by Crippen LogP contribution is -2.48. The molecule has 0 aromatic carbocycles. The van der Waals surface area contributed by atoms with Gasteiger partial charge in [0, 0.05) is 18.5 Å². The molecule has 3 heteroatoms. The van der Waals surface area contributed by atoms with Gasteiger partial charge < -0.3 is 4.90 Å². The molecule has 0 aromatic rings. The Hall–Kier alpha value is -1.04. The van der Waals surface area contributed by atoms with Crippen LogP contribution in [0.5, 0.6) is 0 Å². The van der Waals surface area contributed by atoms with Crippen molar-refractivity contribution in [3.05, 3.63) is 0 Å². The molecule has 0 spiro atoms. The average Bonchev–Trinajstić information content (AvgIpc) is 2.88. The first-order chi connectivity index (χ1) is 9.41. The lowest BCUT2D eigenvalue weighted by Gasteiger charge is -2.40. The topological polar surface area (TPSA) is 44.1 Å². The van der Waals surface area contributed by atoms with Crippen molar-refractivity contribution in [2.45, 2.75) is 65.7 Å². The second kappa shape index (κ2) is 5.76. The monoisotopic (exact) mass is 276 g/mol. The molecule has 20 heavy (non-hydrogen) atoms. The van der Waals surface area contributed by atoms with E-state index in [1.54, 1.807) is 0 Å². The van der Waals surface area contributed by atoms with Crippen LogP contribution in [-0.4, -0.2) is 23.9 Å². The maximum Gasteiger partial charge on any atom is 0.228 e. The van der Waals surface area contributed by atoms with Crippen molar-refractivity contribution < 1.29 is 4.79 Å². The Bertz CT molecular complexity index is 394. The zero-order chi connectivity index (χ0) is 14.8. The molecule has 2 aliphatic rings. The maximum atomic E-state index is 13.0. The molecule has 1 amide bonds. The molecule has 1 aliphatic heterocycles. The van der Waals surface area contributed by atoms with Crippen LogP contribution in [0.4, 0.5) is 0 Å². The van der Waals surface area contributed by atoms with Crippen LogP contribution in [0.25, 0.3) is 0 Å². The largest absolute Gasteiger partial charge is 0.342 e. The van der Waals surface area contributed by atoms with Gasteiger partial charge >= 0.3 is 0 Å². The lowest BCUT2D eigenvalue weighted by molar-refractivity contribution is -0.144. The van der Waals surface area contributed by atoms with Crippen LogP contribution in [0.3, 0.4) is 0 Å². The van der Waals surface area contributed by atoms with Gasteiger partial charge in [-0.1, -0.05) is 26.7 Å². The molecular formula is C17H28N2O. The zero-order valence-corrected chi connectivity index (χ0v) is 13.2. The summed E-state index contributed by atoms with van der Waals surface area (Å²) in [5.74, 6) is 0.954. The van der Waals surface area contributed by atoms with E-state index in [2.05, 4.69) is 19.9 Å². The molecule has 1 saturated carbocycles. The Morgan fingerprint density at radius 2 is 1.75 bits per heavy atom. The third-order valence-electron chi connectivity index (χ3n) is 5.24. The van der Waals surface area contributed by atoms with Gasteiger partial charge in [0.05, 0.1) is 11.5 Å². The number of carbonyl (C=O) groups is 1. The van der Waals surface area contributed by atoms with Gasteiger partial charge in [0.2, 0.25) is 5.91 Å². The maximum absolute atomic E-state index is 13.0. The number of hydrogen-bond donors (Lipinski definition) is 0. The first-order valence-electron chi connectivity index (χ1n) is 8.11. The van der Waals surface area contributed by atoms with E-state index in [0.29, 0.717) is 11.8 Å². The van der Waals surface area contributed by atoms with Crippen LogP contribution in [-0.2, 0) is 4.79 Å². The van der Waals surface area contributed by atoms with Crippen molar-refractivity contribution in [1.29, 1.82) is 5.26 Å². The van der Waals surface area contributed by atoms with E-state index in [9.17, 15) is 10.1 Å². The minimum absolute atomic E-state index is 0.0887. The SMILES string of the molecule is CC(C)CC1(C(=O)N2CCC(C)(C#N)CC2)CCCC1. The van der Waals surface area contributed by atoms with E-state index in [1.165, 1.54) is 12.8 Å². The number of rotatable bonds is 3. The Morgan fingerprint density at radius 1 is 1.20 bits per heavy atom. The number of amides is 1. The summed E-state index contributed by atoms with van der Waals surface area (Å²) in [5, 5.41) is 9.20. The highest BCUT2D eigenvalue weighted by Gasteiger charge is 2.45. The number of nitriles is 1. The van der Waals surface area contributed by atoms with Crippen molar-refractivity contribution in [3.63, 3.8) is 0 Å². The van der Waals surface area contributed by atoms with Crippen molar-refractivity contribution in [3.8, 4) is 6.07 Å². The second-order valence-corrected chi connectivity index (χ2v) is 7.55. The predicted octanol–water partition coefficient (Wildman–Crippen LogP) is 3.75. The van der Waals surface area contributed by atoms with Gasteiger partial charge in [0.15, 0.2) is 0 Å². The van der Waals surface area contributed by atoms with Crippen LogP contribution in [0.15, 0.2) is 0 Å². The quantitative estimate of drug-likeness (QED) is 0.788. The highest BCUT2D eigenvalue weighted by atomic mass is 16.2. The van der Waals surface area contributed by atoms with Gasteiger partial charge in [-0.25, -0.2) is 0 Å². The summed E-state index contributed by atoms with van der Waals surface area (Å²) < 4.78 is 0. The third-order valence-corrected chi connectivity index (χ3v) is 5.24. The van der Waals surface area contributed by atoms with Gasteiger partial charge in [-0.15, -0.1) is 0 Å². The van der Waals surface area contributed by atoms with Gasteiger partial charge in [-0.3, -0.25) is 4.79 Å². The van der Waals surface area contributed by atoms with E-state index < -0.39 is 0 Å². The molecule has 0 radical (unpaired) electrons. The van der Waals surface area contributed by atoms with E-state index in [4.69, 9.17) is 0 Å². The van der Waals surface area contributed by atoms with E-state index >= 15 is 0 Å². The summed E-state index contributed by atoms with van der Waals surface area (Å²) in [6.07, 6.45) is 7.20. The summed E-state index contributed by atoms with van der Waals surface area (Å²) in [6.45, 7) is 7.99. The summed E-state index contributed by atoms with van der Waals surface area (Å²) in [4.78, 5) is 15.0. The highest BCUT2D eigenvalue weighted by molar-refractivity contribution is 5.83. The molecule has 0 unspecified atom stereocenters. The summed E-state index contributed by atoms with van der Waals surface area (Å²) >= 11 is 0. The highest BCUT2D eigenvalue weighted by Crippen LogP contribution is 2.45. The average molecular weight is 276 g/mol. The van der Waals surface area contributed by atoms with Crippen LogP contribution >= 0.6 is 0 Å². The summed E-state index contributed by atoms with van der Waals surface area (Å²) in [5.41, 5.74) is -0.313. The molecule has 2 fully saturated rings. The predicted molar refractivity (Wildman–Crippen MR) is 79.9 cm³/mol. The number of hydrogen-bond acceptors (Lipinski definition) is 2. The van der Waals surface area contributed by atoms with Crippen LogP contribution in [0, 0.1) is 28.1 Å². The molecule has 2 rings (SSSR count). The number of nitrogens with zero attached hydrogens (tertiary/aromatic N) is 2. The second-order valence-electron chi connectivity index (χ2n) is 7.55. The van der Waals surface area contributed by atoms with E-state index in [-0.39, 0.29) is 10.8 Å². The number of likely N-dealkylation sites (tertiary alicyclic amines) is 1. The van der Waals surface area contributed by atoms with Crippen LogP contribution < -0.4 is 0 Å². The van der Waals surface area contributed by atoms with Gasteiger partial charge in [-0.2, -0.15) is 5.26 Å². The standard InChI is InChI=1S/C17H28N2O/c1-14(2)12-17(6-4-5-7-17)15(20)19-10-8-16(3,13-18)9-11-19/h14H,4-12H2,1-3H3. The fourth-order valence-corrected chi connectivity index (χ4v) is 3.99. The fraction of sp³-hybridized carbons (Fsp3) is 0.882. The molecular weight excluding hydrogens is 248 g/mol. The molecule has 0 bridgehead atoms. The Labute approximate surface area is 123 Å². The molecule has 1 saturated heterocycles. The van der Waals surface area contributed by atoms with Crippen LogP contribution in [0.2, 0.25) is 0 Å². The smallest absolute Gasteiger partial charge is 0.228 e. The molecule has 1 aliphatic carbocycles. The first kappa shape index (κ1) is 15.4. The molecule has 1 heterocycles. The molecule has 0 N–H and O–H groups in total. The number of piperidine rings is 1. The molecule has 0 aromatic heterocycles. The van der Waals surface area contributed by atoms with Crippen LogP contribution in [0.1, 0.15) is 65.7 Å². The Kier molecular flexibility index (Phi) is 4.42. The van der Waals surface area contributed by atoms with Crippen molar-refractivity contribution in [2.24, 2.45) is 16.7 Å². The molecule has 0 atom stereocenters. The Morgan fingerprint density at radius 3 is 2.20 bits per heavy atom. The van der Waals surface area contributed by atoms with Gasteiger partial charge in [0.25, 0.3) is 0 Å². The fourth-order valence-electron chi connectivity index (χ4n) is 3.99. The normalized spacial score (nSPS) is 24.6. The molecule has 112 valence electrons. The summed E-state index contributed by atoms with van der Waals surface area (Å²) in [7, 11) is 0. The minimum atomic E-state index is -0.225. The van der Waals surface area contributed by atoms with E-state index in [1.807, 2.05) is 11.8 Å². The minimum Gasteiger partial charge on any atom is -0.342 e.